The summed E-state index contributed by atoms with van der Waals surface area (Å²) in [5.74, 6) is 0.885. The average Bonchev–Trinajstić information content (AvgIpc) is 3.56. The van der Waals surface area contributed by atoms with Gasteiger partial charge in [-0.1, -0.05) is 40.9 Å². The summed E-state index contributed by atoms with van der Waals surface area (Å²) >= 11 is 3.17. The first kappa shape index (κ1) is 22.0. The molecular weight excluding hydrogens is 431 g/mol. The summed E-state index contributed by atoms with van der Waals surface area (Å²) in [5.41, 5.74) is 1.53. The van der Waals surface area contributed by atoms with Gasteiger partial charge in [0.1, 0.15) is 0 Å². The molecule has 2 aliphatic rings. The Hall–Kier alpha value is -2.30. The summed E-state index contributed by atoms with van der Waals surface area (Å²) in [7, 11) is -1.04. The van der Waals surface area contributed by atoms with E-state index in [0.29, 0.717) is 5.92 Å². The molecule has 0 bridgehead atoms. The summed E-state index contributed by atoms with van der Waals surface area (Å²) < 4.78 is 0.845. The van der Waals surface area contributed by atoms with Crippen LogP contribution in [0.25, 0.3) is 0 Å². The summed E-state index contributed by atoms with van der Waals surface area (Å²) in [6.45, 7) is 0. The van der Waals surface area contributed by atoms with Crippen molar-refractivity contribution >= 4 is 34.4 Å². The van der Waals surface area contributed by atoms with Crippen molar-refractivity contribution in [1.82, 2.24) is 0 Å². The highest BCUT2D eigenvalue weighted by molar-refractivity contribution is 9.10. The van der Waals surface area contributed by atoms with Gasteiger partial charge in [-0.2, -0.15) is 0 Å². The number of halogens is 1. The first-order chi connectivity index (χ1) is 13.3. The summed E-state index contributed by atoms with van der Waals surface area (Å²) in [4.78, 5) is 19.6. The van der Waals surface area contributed by atoms with Crippen molar-refractivity contribution in [2.24, 2.45) is 0 Å². The summed E-state index contributed by atoms with van der Waals surface area (Å²) in [6.07, 6.45) is 4.46. The van der Waals surface area contributed by atoms with Gasteiger partial charge in [-0.15, -0.1) is 0 Å². The van der Waals surface area contributed by atoms with Crippen molar-refractivity contribution in [1.29, 1.82) is 0 Å². The molecule has 0 saturated heterocycles. The van der Waals surface area contributed by atoms with Gasteiger partial charge in [-0.3, -0.25) is 20.2 Å². The molecule has 0 spiro atoms. The molecule has 0 aliphatic heterocycles. The topological polar surface area (TPSA) is 127 Å². The Balaban J connectivity index is 0.000000159. The summed E-state index contributed by atoms with van der Waals surface area (Å²) in [5, 5.41) is 36.9. The lowest BCUT2D eigenvalue weighted by molar-refractivity contribution is -0.385. The molecule has 28 heavy (non-hydrogen) atoms. The largest absolute Gasteiger partial charge is 0.454 e. The quantitative estimate of drug-likeness (QED) is 0.402. The zero-order valence-corrected chi connectivity index (χ0v) is 16.6. The molecule has 148 valence electrons. The third-order valence-electron chi connectivity index (χ3n) is 4.23. The van der Waals surface area contributed by atoms with Crippen LogP contribution in [0.2, 0.25) is 5.82 Å². The Kier molecular flexibility index (Phi) is 8.10. The highest BCUT2D eigenvalue weighted by Gasteiger charge is 2.33. The van der Waals surface area contributed by atoms with E-state index in [1.165, 1.54) is 30.5 Å². The van der Waals surface area contributed by atoms with Gasteiger partial charge in [0.15, 0.2) is 0 Å². The average molecular weight is 451 g/mol. The summed E-state index contributed by atoms with van der Waals surface area (Å²) in [6, 6.07) is 13.0. The van der Waals surface area contributed by atoms with Crippen LogP contribution >= 0.6 is 15.9 Å². The van der Waals surface area contributed by atoms with Crippen LogP contribution in [-0.4, -0.2) is 27.0 Å². The number of nitro groups is 2. The maximum Gasteiger partial charge on any atom is 0.454 e. The van der Waals surface area contributed by atoms with Gasteiger partial charge in [-0.05, 0) is 42.3 Å². The minimum absolute atomic E-state index is 0.114. The van der Waals surface area contributed by atoms with Crippen molar-refractivity contribution in [3.8, 4) is 0 Å². The number of hydrogen-bond acceptors (Lipinski definition) is 6. The van der Waals surface area contributed by atoms with Crippen LogP contribution in [-0.2, 0) is 0 Å². The zero-order chi connectivity index (χ0) is 20.7. The Morgan fingerprint density at radius 1 is 0.821 bits per heavy atom. The van der Waals surface area contributed by atoms with E-state index in [9.17, 15) is 20.2 Å². The van der Waals surface area contributed by atoms with E-state index in [1.807, 2.05) is 12.1 Å². The van der Waals surface area contributed by atoms with Gasteiger partial charge in [0.05, 0.1) is 9.85 Å². The lowest BCUT2D eigenvalue weighted by Crippen LogP contribution is -2.09. The van der Waals surface area contributed by atoms with Gasteiger partial charge in [0.25, 0.3) is 11.4 Å². The number of non-ortho nitro benzene ring substituents is 2. The Morgan fingerprint density at radius 3 is 1.54 bits per heavy atom. The molecule has 2 saturated carbocycles. The predicted octanol–water partition coefficient (Wildman–Crippen LogP) is 4.45. The van der Waals surface area contributed by atoms with Crippen molar-refractivity contribution in [3.63, 3.8) is 0 Å². The van der Waals surface area contributed by atoms with Crippen LogP contribution in [0, 0.1) is 20.2 Å². The molecule has 0 amide bonds. The van der Waals surface area contributed by atoms with E-state index < -0.39 is 12.0 Å². The third kappa shape index (κ3) is 7.75. The maximum absolute atomic E-state index is 10.3. The molecular formula is C18H20BBrN2O6. The van der Waals surface area contributed by atoms with Gasteiger partial charge in [0, 0.05) is 28.7 Å². The fourth-order valence-electron chi connectivity index (χ4n) is 2.24. The first-order valence-corrected chi connectivity index (χ1v) is 9.57. The molecule has 10 heteroatoms. The van der Waals surface area contributed by atoms with Crippen LogP contribution in [0.1, 0.15) is 37.2 Å². The molecule has 2 aromatic carbocycles. The highest BCUT2D eigenvalue weighted by Crippen LogP contribution is 2.40. The molecule has 2 fully saturated rings. The fourth-order valence-corrected chi connectivity index (χ4v) is 2.51. The molecule has 0 radical (unpaired) electrons. The molecule has 0 unspecified atom stereocenters. The maximum atomic E-state index is 10.3. The van der Waals surface area contributed by atoms with Gasteiger partial charge >= 0.3 is 7.12 Å². The van der Waals surface area contributed by atoms with Crippen molar-refractivity contribution in [2.45, 2.75) is 37.4 Å². The number of benzene rings is 2. The minimum Gasteiger partial charge on any atom is -0.427 e. The van der Waals surface area contributed by atoms with Crippen LogP contribution < -0.4 is 0 Å². The van der Waals surface area contributed by atoms with Crippen LogP contribution in [0.3, 0.4) is 0 Å². The second kappa shape index (κ2) is 10.3. The number of rotatable bonds is 4. The normalized spacial score (nSPS) is 14.7. The van der Waals surface area contributed by atoms with Gasteiger partial charge < -0.3 is 10.0 Å². The van der Waals surface area contributed by atoms with E-state index >= 15 is 0 Å². The lowest BCUT2D eigenvalue weighted by atomic mass is 9.84. The van der Waals surface area contributed by atoms with Crippen LogP contribution in [0.5, 0.6) is 0 Å². The van der Waals surface area contributed by atoms with Gasteiger partial charge in [0.2, 0.25) is 0 Å². The highest BCUT2D eigenvalue weighted by atomic mass is 79.9. The Bertz CT molecular complexity index is 793. The molecule has 0 heterocycles. The van der Waals surface area contributed by atoms with Crippen LogP contribution in [0.4, 0.5) is 11.4 Å². The molecule has 0 aromatic heterocycles. The molecule has 2 aromatic rings. The zero-order valence-electron chi connectivity index (χ0n) is 15.0. The van der Waals surface area contributed by atoms with Crippen LogP contribution in [0.15, 0.2) is 53.0 Å². The second-order valence-electron chi connectivity index (χ2n) is 6.61. The van der Waals surface area contributed by atoms with E-state index in [1.54, 1.807) is 24.3 Å². The third-order valence-corrected chi connectivity index (χ3v) is 4.76. The first-order valence-electron chi connectivity index (χ1n) is 8.78. The van der Waals surface area contributed by atoms with Gasteiger partial charge in [-0.25, -0.2) is 0 Å². The molecule has 0 atom stereocenters. The van der Waals surface area contributed by atoms with E-state index in [0.717, 1.165) is 17.3 Å². The minimum atomic E-state index is -1.04. The SMILES string of the molecule is O=[N+]([O-])c1ccc(Br)cc1.O=[N+]([O-])c1ccc(C2CC2)cc1.OB(O)C1CC1. The lowest BCUT2D eigenvalue weighted by Gasteiger charge is -1.95. The van der Waals surface area contributed by atoms with Crippen molar-refractivity contribution < 1.29 is 19.9 Å². The smallest absolute Gasteiger partial charge is 0.427 e. The number of nitrogens with zero attached hydrogens (tertiary/aromatic N) is 2. The Morgan fingerprint density at radius 2 is 1.25 bits per heavy atom. The predicted molar refractivity (Wildman–Crippen MR) is 109 cm³/mol. The van der Waals surface area contributed by atoms with E-state index in [-0.39, 0.29) is 22.1 Å². The second-order valence-corrected chi connectivity index (χ2v) is 7.52. The molecule has 8 nitrogen and oxygen atoms in total. The van der Waals surface area contributed by atoms with E-state index in [2.05, 4.69) is 15.9 Å². The fraction of sp³-hybridized carbons (Fsp3) is 0.333. The molecule has 2 aliphatic carbocycles. The van der Waals surface area contributed by atoms with Crippen molar-refractivity contribution in [2.75, 3.05) is 0 Å². The Labute approximate surface area is 170 Å². The van der Waals surface area contributed by atoms with Crippen molar-refractivity contribution in [3.05, 3.63) is 78.8 Å². The standard InChI is InChI=1S/C9H9NO2.C6H4BrNO2.C3H7BO2/c11-10(12)9-5-3-8(4-6-9)7-1-2-7;7-5-1-3-6(4-2-5)8(9)10;5-4(6)3-1-2-3/h3-7H,1-2H2;1-4H;3,5-6H,1-2H2. The number of hydrogen-bond donors (Lipinski definition) is 2. The van der Waals surface area contributed by atoms with E-state index in [4.69, 9.17) is 10.0 Å². The molecule has 4 rings (SSSR count). The molecule has 2 N–H and O–H groups in total. The number of nitro benzene ring substituents is 2. The monoisotopic (exact) mass is 450 g/mol.